The van der Waals surface area contributed by atoms with Crippen LogP contribution in [0.4, 0.5) is 0 Å². The van der Waals surface area contributed by atoms with Crippen molar-refractivity contribution in [2.75, 3.05) is 7.11 Å². The van der Waals surface area contributed by atoms with Gasteiger partial charge in [0, 0.05) is 12.4 Å². The molecular weight excluding hydrogens is 152 g/mol. The first-order valence-electron chi connectivity index (χ1n) is 3.84. The van der Waals surface area contributed by atoms with Gasteiger partial charge in [-0.2, -0.15) is 0 Å². The average Bonchev–Trinajstić information content (AvgIpc) is 2.30. The lowest BCUT2D eigenvalue weighted by Gasteiger charge is -2.01. The smallest absolute Gasteiger partial charge is 0.239 e. The summed E-state index contributed by atoms with van der Waals surface area (Å²) < 4.78 is 5.05. The van der Waals surface area contributed by atoms with E-state index in [0.29, 0.717) is 5.90 Å². The standard InChI is InChI=1S/C9H12N2O/c1-3-10-8-6-4-5-7-11-9(8)12-2/h3,5-7H,4H2,1-2H3. The fraction of sp³-hybridized carbons (Fsp3) is 0.333. The highest BCUT2D eigenvalue weighted by Crippen LogP contribution is 2.07. The highest BCUT2D eigenvalue weighted by atomic mass is 16.5. The molecule has 0 amide bonds. The molecule has 64 valence electrons. The van der Waals surface area contributed by atoms with E-state index < -0.39 is 0 Å². The van der Waals surface area contributed by atoms with E-state index in [1.54, 1.807) is 19.5 Å². The van der Waals surface area contributed by atoms with Crippen molar-refractivity contribution in [2.24, 2.45) is 9.98 Å². The van der Waals surface area contributed by atoms with E-state index in [4.69, 9.17) is 4.74 Å². The number of rotatable bonds is 1. The van der Waals surface area contributed by atoms with Gasteiger partial charge in [-0.05, 0) is 19.4 Å². The number of aliphatic imine (C=N–C) groups is 2. The summed E-state index contributed by atoms with van der Waals surface area (Å²) in [6.45, 7) is 1.87. The van der Waals surface area contributed by atoms with Gasteiger partial charge >= 0.3 is 0 Å². The summed E-state index contributed by atoms with van der Waals surface area (Å²) in [4.78, 5) is 8.21. The summed E-state index contributed by atoms with van der Waals surface area (Å²) in [6.07, 6.45) is 8.24. The molecule has 0 atom stereocenters. The van der Waals surface area contributed by atoms with Crippen molar-refractivity contribution < 1.29 is 4.74 Å². The number of hydrogen-bond donors (Lipinski definition) is 0. The van der Waals surface area contributed by atoms with Gasteiger partial charge in [0.1, 0.15) is 5.70 Å². The lowest BCUT2D eigenvalue weighted by atomic mass is 10.3. The minimum atomic E-state index is 0.571. The second-order valence-corrected chi connectivity index (χ2v) is 2.24. The molecule has 0 aromatic rings. The predicted octanol–water partition coefficient (Wildman–Crippen LogP) is 1.92. The Labute approximate surface area is 72.2 Å². The minimum Gasteiger partial charge on any atom is -0.479 e. The van der Waals surface area contributed by atoms with Crippen LogP contribution in [0, 0.1) is 0 Å². The number of nitrogens with zero attached hydrogens (tertiary/aromatic N) is 2. The van der Waals surface area contributed by atoms with Gasteiger partial charge in [0.2, 0.25) is 5.90 Å². The van der Waals surface area contributed by atoms with E-state index in [1.807, 2.05) is 19.1 Å². The van der Waals surface area contributed by atoms with E-state index in [2.05, 4.69) is 9.98 Å². The van der Waals surface area contributed by atoms with Gasteiger partial charge in [0.15, 0.2) is 0 Å². The quantitative estimate of drug-likeness (QED) is 0.545. The third kappa shape index (κ3) is 2.05. The zero-order chi connectivity index (χ0) is 8.81. The Bertz CT molecular complexity index is 262. The van der Waals surface area contributed by atoms with Crippen LogP contribution in [0.25, 0.3) is 0 Å². The summed E-state index contributed by atoms with van der Waals surface area (Å²) >= 11 is 0. The predicted molar refractivity (Wildman–Crippen MR) is 50.5 cm³/mol. The van der Waals surface area contributed by atoms with Crippen LogP contribution in [0.5, 0.6) is 0 Å². The largest absolute Gasteiger partial charge is 0.479 e. The lowest BCUT2D eigenvalue weighted by Crippen LogP contribution is -2.02. The second kappa shape index (κ2) is 4.49. The Kier molecular flexibility index (Phi) is 3.26. The van der Waals surface area contributed by atoms with Crippen LogP contribution in [0.3, 0.4) is 0 Å². The first-order chi connectivity index (χ1) is 5.88. The molecule has 0 aromatic carbocycles. The van der Waals surface area contributed by atoms with Crippen LogP contribution < -0.4 is 0 Å². The maximum absolute atomic E-state index is 5.05. The van der Waals surface area contributed by atoms with Crippen LogP contribution in [0.2, 0.25) is 0 Å². The molecule has 0 saturated heterocycles. The van der Waals surface area contributed by atoms with Crippen molar-refractivity contribution >= 4 is 12.1 Å². The fourth-order valence-electron chi connectivity index (χ4n) is 0.919. The molecule has 0 spiro atoms. The van der Waals surface area contributed by atoms with Gasteiger partial charge in [0.25, 0.3) is 0 Å². The molecule has 0 saturated carbocycles. The Morgan fingerprint density at radius 1 is 1.67 bits per heavy atom. The molecule has 0 radical (unpaired) electrons. The van der Waals surface area contributed by atoms with Gasteiger partial charge < -0.3 is 4.74 Å². The van der Waals surface area contributed by atoms with E-state index in [9.17, 15) is 0 Å². The van der Waals surface area contributed by atoms with E-state index >= 15 is 0 Å². The van der Waals surface area contributed by atoms with Gasteiger partial charge in [-0.1, -0.05) is 6.08 Å². The topological polar surface area (TPSA) is 34.0 Å². The molecule has 0 aromatic heterocycles. The van der Waals surface area contributed by atoms with Crippen LogP contribution in [0.15, 0.2) is 34.0 Å². The van der Waals surface area contributed by atoms with E-state index in [-0.39, 0.29) is 0 Å². The first kappa shape index (κ1) is 8.71. The summed E-state index contributed by atoms with van der Waals surface area (Å²) in [5.74, 6) is 0.571. The monoisotopic (exact) mass is 164 g/mol. The number of ether oxygens (including phenoxy) is 1. The summed E-state index contributed by atoms with van der Waals surface area (Å²) in [6, 6.07) is 0. The molecule has 0 unspecified atom stereocenters. The Balaban J connectivity index is 2.88. The van der Waals surface area contributed by atoms with Crippen molar-refractivity contribution in [2.45, 2.75) is 13.3 Å². The number of hydrogen-bond acceptors (Lipinski definition) is 3. The Morgan fingerprint density at radius 2 is 2.50 bits per heavy atom. The normalized spacial score (nSPS) is 17.2. The SMILES string of the molecule is CC=NC1=CCC=CN=C1OC. The van der Waals surface area contributed by atoms with Gasteiger partial charge in [0.05, 0.1) is 7.11 Å². The molecular formula is C9H12N2O. The third-order valence-corrected chi connectivity index (χ3v) is 1.43. The molecule has 1 aliphatic rings. The molecule has 12 heavy (non-hydrogen) atoms. The molecule has 0 N–H and O–H groups in total. The Morgan fingerprint density at radius 3 is 3.17 bits per heavy atom. The maximum Gasteiger partial charge on any atom is 0.239 e. The summed E-state index contributed by atoms with van der Waals surface area (Å²) in [7, 11) is 1.59. The van der Waals surface area contributed by atoms with Crippen LogP contribution in [0.1, 0.15) is 13.3 Å². The van der Waals surface area contributed by atoms with Crippen LogP contribution >= 0.6 is 0 Å². The van der Waals surface area contributed by atoms with Gasteiger partial charge in [-0.15, -0.1) is 0 Å². The fourth-order valence-corrected chi connectivity index (χ4v) is 0.919. The van der Waals surface area contributed by atoms with Crippen LogP contribution in [-0.2, 0) is 4.74 Å². The highest BCUT2D eigenvalue weighted by molar-refractivity contribution is 5.95. The van der Waals surface area contributed by atoms with Crippen molar-refractivity contribution in [3.8, 4) is 0 Å². The van der Waals surface area contributed by atoms with Gasteiger partial charge in [-0.3, -0.25) is 4.99 Å². The molecule has 0 fully saturated rings. The molecule has 3 nitrogen and oxygen atoms in total. The molecule has 1 aliphatic heterocycles. The average molecular weight is 164 g/mol. The van der Waals surface area contributed by atoms with Crippen LogP contribution in [-0.4, -0.2) is 19.2 Å². The number of allylic oxidation sites excluding steroid dienone is 2. The Hall–Kier alpha value is -1.38. The molecule has 0 bridgehead atoms. The summed E-state index contributed by atoms with van der Waals surface area (Å²) in [5, 5.41) is 0. The van der Waals surface area contributed by atoms with Crippen molar-refractivity contribution in [3.63, 3.8) is 0 Å². The zero-order valence-electron chi connectivity index (χ0n) is 7.32. The first-order valence-corrected chi connectivity index (χ1v) is 3.84. The zero-order valence-corrected chi connectivity index (χ0v) is 7.32. The van der Waals surface area contributed by atoms with E-state index in [1.165, 1.54) is 0 Å². The second-order valence-electron chi connectivity index (χ2n) is 2.24. The van der Waals surface area contributed by atoms with Gasteiger partial charge in [-0.25, -0.2) is 4.99 Å². The number of methoxy groups -OCH3 is 1. The minimum absolute atomic E-state index is 0.571. The third-order valence-electron chi connectivity index (χ3n) is 1.43. The molecule has 0 aliphatic carbocycles. The highest BCUT2D eigenvalue weighted by Gasteiger charge is 2.04. The van der Waals surface area contributed by atoms with E-state index in [0.717, 1.165) is 12.1 Å². The van der Waals surface area contributed by atoms with Crippen molar-refractivity contribution in [1.82, 2.24) is 0 Å². The lowest BCUT2D eigenvalue weighted by molar-refractivity contribution is 0.403. The molecule has 1 rings (SSSR count). The van der Waals surface area contributed by atoms with Crippen molar-refractivity contribution in [3.05, 3.63) is 24.0 Å². The summed E-state index contributed by atoms with van der Waals surface area (Å²) in [5.41, 5.74) is 0.796. The maximum atomic E-state index is 5.05. The van der Waals surface area contributed by atoms with Crippen molar-refractivity contribution in [1.29, 1.82) is 0 Å². The molecule has 3 heteroatoms. The molecule has 1 heterocycles.